The third-order valence-corrected chi connectivity index (χ3v) is 3.12. The first-order valence-corrected chi connectivity index (χ1v) is 6.30. The minimum atomic E-state index is -0.582. The summed E-state index contributed by atoms with van der Waals surface area (Å²) < 4.78 is 14.2. The largest absolute Gasteiger partial charge is 0.274 e. The Kier molecular flexibility index (Phi) is 4.41. The molecular weight excluding hydrogens is 311 g/mol. The minimum absolute atomic E-state index is 0.0354. The molecule has 2 aromatic rings. The van der Waals surface area contributed by atoms with E-state index < -0.39 is 11.7 Å². The van der Waals surface area contributed by atoms with Crippen molar-refractivity contribution in [1.29, 1.82) is 0 Å². The summed E-state index contributed by atoms with van der Waals surface area (Å²) in [6.07, 6.45) is 1.49. The summed E-state index contributed by atoms with van der Waals surface area (Å²) >= 11 is 3.36. The third kappa shape index (κ3) is 3.48. The van der Waals surface area contributed by atoms with Gasteiger partial charge in [0.1, 0.15) is 5.82 Å². The highest BCUT2D eigenvalue weighted by Gasteiger charge is 2.09. The summed E-state index contributed by atoms with van der Waals surface area (Å²) in [5, 5.41) is 3.80. The lowest BCUT2D eigenvalue weighted by Crippen LogP contribution is -2.18. The number of hydrazone groups is 1. The number of amides is 1. The van der Waals surface area contributed by atoms with Gasteiger partial charge in [0.2, 0.25) is 0 Å². The Balaban J connectivity index is 2.06. The summed E-state index contributed by atoms with van der Waals surface area (Å²) in [5.74, 6) is -1.16. The van der Waals surface area contributed by atoms with Crippen molar-refractivity contribution in [2.45, 2.75) is 0 Å². The Morgan fingerprint density at radius 3 is 2.58 bits per heavy atom. The quantitative estimate of drug-likeness (QED) is 0.684. The first kappa shape index (κ1) is 13.4. The van der Waals surface area contributed by atoms with E-state index in [2.05, 4.69) is 26.5 Å². The molecule has 2 rings (SSSR count). The van der Waals surface area contributed by atoms with Gasteiger partial charge >= 0.3 is 0 Å². The van der Waals surface area contributed by atoms with Crippen LogP contribution in [0.2, 0.25) is 0 Å². The Morgan fingerprint density at radius 1 is 1.16 bits per heavy atom. The van der Waals surface area contributed by atoms with Crippen LogP contribution in [0.1, 0.15) is 15.9 Å². The highest BCUT2D eigenvalue weighted by Crippen LogP contribution is 2.13. The van der Waals surface area contributed by atoms with E-state index >= 15 is 0 Å². The number of rotatable bonds is 3. The van der Waals surface area contributed by atoms with Gasteiger partial charge in [0.25, 0.3) is 5.91 Å². The van der Waals surface area contributed by atoms with Crippen molar-refractivity contribution in [2.75, 3.05) is 0 Å². The van der Waals surface area contributed by atoms with Crippen LogP contribution in [0.15, 0.2) is 58.1 Å². The van der Waals surface area contributed by atoms with Gasteiger partial charge in [0.15, 0.2) is 0 Å². The van der Waals surface area contributed by atoms with Crippen LogP contribution >= 0.6 is 15.9 Å². The topological polar surface area (TPSA) is 41.5 Å². The van der Waals surface area contributed by atoms with Crippen molar-refractivity contribution < 1.29 is 9.18 Å². The maximum Gasteiger partial charge on any atom is 0.274 e. The first-order valence-electron chi connectivity index (χ1n) is 5.51. The Labute approximate surface area is 118 Å². The van der Waals surface area contributed by atoms with Gasteiger partial charge in [-0.3, -0.25) is 4.79 Å². The van der Waals surface area contributed by atoms with E-state index in [1.165, 1.54) is 24.4 Å². The summed E-state index contributed by atoms with van der Waals surface area (Å²) in [4.78, 5) is 11.7. The van der Waals surface area contributed by atoms with Crippen LogP contribution in [-0.4, -0.2) is 12.1 Å². The van der Waals surface area contributed by atoms with Gasteiger partial charge in [0, 0.05) is 10.0 Å². The second kappa shape index (κ2) is 6.24. The molecule has 96 valence electrons. The zero-order valence-corrected chi connectivity index (χ0v) is 11.4. The molecule has 0 atom stereocenters. The van der Waals surface area contributed by atoms with Gasteiger partial charge in [0.05, 0.1) is 11.8 Å². The van der Waals surface area contributed by atoms with Gasteiger partial charge in [-0.1, -0.05) is 46.3 Å². The van der Waals surface area contributed by atoms with Crippen LogP contribution < -0.4 is 5.43 Å². The number of hydrogen-bond acceptors (Lipinski definition) is 2. The van der Waals surface area contributed by atoms with Gasteiger partial charge in [-0.2, -0.15) is 5.10 Å². The first-order chi connectivity index (χ1) is 9.18. The van der Waals surface area contributed by atoms with E-state index in [-0.39, 0.29) is 5.56 Å². The van der Waals surface area contributed by atoms with Gasteiger partial charge in [-0.25, -0.2) is 9.82 Å². The Morgan fingerprint density at radius 2 is 1.84 bits per heavy atom. The van der Waals surface area contributed by atoms with Crippen molar-refractivity contribution >= 4 is 28.1 Å². The van der Waals surface area contributed by atoms with Crippen molar-refractivity contribution in [3.63, 3.8) is 0 Å². The molecule has 2 aromatic carbocycles. The lowest BCUT2D eigenvalue weighted by atomic mass is 10.2. The molecule has 3 nitrogen and oxygen atoms in total. The van der Waals surface area contributed by atoms with Gasteiger partial charge in [-0.15, -0.1) is 0 Å². The third-order valence-electron chi connectivity index (χ3n) is 2.39. The fourth-order valence-corrected chi connectivity index (χ4v) is 1.83. The molecule has 0 aliphatic rings. The maximum absolute atomic E-state index is 13.3. The van der Waals surface area contributed by atoms with Crippen LogP contribution in [0.25, 0.3) is 0 Å². The molecule has 0 aliphatic heterocycles. The van der Waals surface area contributed by atoms with E-state index in [4.69, 9.17) is 0 Å². The predicted molar refractivity (Wildman–Crippen MR) is 75.6 cm³/mol. The van der Waals surface area contributed by atoms with Crippen molar-refractivity contribution in [3.8, 4) is 0 Å². The normalized spacial score (nSPS) is 10.6. The van der Waals surface area contributed by atoms with Crippen LogP contribution in [0.5, 0.6) is 0 Å². The molecule has 0 spiro atoms. The lowest BCUT2D eigenvalue weighted by molar-refractivity contribution is 0.0951. The van der Waals surface area contributed by atoms with E-state index in [1.807, 2.05) is 24.3 Å². The minimum Gasteiger partial charge on any atom is -0.267 e. The average molecular weight is 321 g/mol. The maximum atomic E-state index is 13.3. The molecule has 0 bridgehead atoms. The Bertz CT molecular complexity index is 628. The number of hydrogen-bond donors (Lipinski definition) is 1. The number of benzene rings is 2. The van der Waals surface area contributed by atoms with Gasteiger partial charge < -0.3 is 0 Å². The molecule has 0 fully saturated rings. The molecule has 0 aromatic heterocycles. The highest BCUT2D eigenvalue weighted by atomic mass is 79.9. The average Bonchev–Trinajstić information content (AvgIpc) is 2.41. The molecule has 1 N–H and O–H groups in total. The summed E-state index contributed by atoms with van der Waals surface area (Å²) in [6.45, 7) is 0. The SMILES string of the molecule is O=C(N/N=C/c1ccccc1Br)c1ccccc1F. The van der Waals surface area contributed by atoms with Crippen molar-refractivity contribution in [2.24, 2.45) is 5.10 Å². The molecule has 0 saturated heterocycles. The van der Waals surface area contributed by atoms with E-state index in [9.17, 15) is 9.18 Å². The van der Waals surface area contributed by atoms with Crippen molar-refractivity contribution in [1.82, 2.24) is 5.43 Å². The fourth-order valence-electron chi connectivity index (χ4n) is 1.45. The molecule has 0 heterocycles. The van der Waals surface area contributed by atoms with E-state index in [0.717, 1.165) is 10.0 Å². The number of nitrogens with zero attached hydrogens (tertiary/aromatic N) is 1. The molecular formula is C14H10BrFN2O. The zero-order chi connectivity index (χ0) is 13.7. The molecule has 0 aliphatic carbocycles. The van der Waals surface area contributed by atoms with E-state index in [0.29, 0.717) is 0 Å². The monoisotopic (exact) mass is 320 g/mol. The smallest absolute Gasteiger partial charge is 0.267 e. The second-order valence-electron chi connectivity index (χ2n) is 3.70. The number of nitrogens with one attached hydrogen (secondary N) is 1. The molecule has 1 amide bonds. The molecule has 5 heteroatoms. The van der Waals surface area contributed by atoms with Crippen LogP contribution in [0.4, 0.5) is 4.39 Å². The summed E-state index contributed by atoms with van der Waals surface area (Å²) in [6, 6.07) is 13.2. The number of carbonyl (C=O) groups excluding carboxylic acids is 1. The summed E-state index contributed by atoms with van der Waals surface area (Å²) in [5.41, 5.74) is 3.07. The molecule has 0 radical (unpaired) electrons. The zero-order valence-electron chi connectivity index (χ0n) is 9.81. The van der Waals surface area contributed by atoms with Crippen LogP contribution in [0, 0.1) is 5.82 Å². The van der Waals surface area contributed by atoms with Crippen molar-refractivity contribution in [3.05, 3.63) is 69.9 Å². The Hall–Kier alpha value is -2.01. The second-order valence-corrected chi connectivity index (χ2v) is 4.55. The predicted octanol–water partition coefficient (Wildman–Crippen LogP) is 3.35. The summed E-state index contributed by atoms with van der Waals surface area (Å²) in [7, 11) is 0. The van der Waals surface area contributed by atoms with Crippen LogP contribution in [0.3, 0.4) is 0 Å². The fraction of sp³-hybridized carbons (Fsp3) is 0. The molecule has 0 saturated carbocycles. The molecule has 0 unspecified atom stereocenters. The number of halogens is 2. The van der Waals surface area contributed by atoms with E-state index in [1.54, 1.807) is 6.07 Å². The molecule has 19 heavy (non-hydrogen) atoms. The lowest BCUT2D eigenvalue weighted by Gasteiger charge is -2.01. The highest BCUT2D eigenvalue weighted by molar-refractivity contribution is 9.10. The van der Waals surface area contributed by atoms with Gasteiger partial charge in [-0.05, 0) is 18.2 Å². The van der Waals surface area contributed by atoms with Crippen LogP contribution in [-0.2, 0) is 0 Å². The standard InChI is InChI=1S/C14H10BrFN2O/c15-12-7-3-1-5-10(12)9-17-18-14(19)11-6-2-4-8-13(11)16/h1-9H,(H,18,19)/b17-9+. The number of carbonyl (C=O) groups is 1.